The monoisotopic (exact) mass is 446 g/mol. The molecule has 0 heterocycles. The Hall–Kier alpha value is -2.10. The molecule has 0 bridgehead atoms. The Morgan fingerprint density at radius 3 is 2.29 bits per heavy atom. The van der Waals surface area contributed by atoms with Crippen molar-refractivity contribution in [3.63, 3.8) is 0 Å². The summed E-state index contributed by atoms with van der Waals surface area (Å²) in [6.45, 7) is 8.38. The number of carboxylic acid groups (broad SMARTS) is 1. The molecule has 0 aromatic rings. The van der Waals surface area contributed by atoms with E-state index < -0.39 is 5.97 Å². The van der Waals surface area contributed by atoms with Crippen LogP contribution in [0.15, 0.2) is 83.5 Å². The van der Waals surface area contributed by atoms with E-state index >= 15 is 0 Å². The maximum atomic E-state index is 10.4. The molecule has 0 aliphatic heterocycles. The van der Waals surface area contributed by atoms with Crippen LogP contribution >= 0.6 is 11.6 Å². The van der Waals surface area contributed by atoms with Crippen LogP contribution in [0.3, 0.4) is 0 Å². The molecule has 172 valence electrons. The number of halogens is 1. The van der Waals surface area contributed by atoms with E-state index in [1.807, 2.05) is 37.3 Å². The van der Waals surface area contributed by atoms with Crippen LogP contribution in [0.2, 0.25) is 0 Å². The molecule has 0 aliphatic carbocycles. The average molecular weight is 447 g/mol. The summed E-state index contributed by atoms with van der Waals surface area (Å²) in [6, 6.07) is 0. The largest absolute Gasteiger partial charge is 0.478 e. The van der Waals surface area contributed by atoms with Crippen molar-refractivity contribution in [2.45, 2.75) is 65.9 Å². The molecule has 3 nitrogen and oxygen atoms in total. The van der Waals surface area contributed by atoms with E-state index in [-0.39, 0.29) is 12.0 Å². The van der Waals surface area contributed by atoms with Crippen molar-refractivity contribution in [3.8, 4) is 0 Å². The van der Waals surface area contributed by atoms with Gasteiger partial charge in [-0.15, -0.1) is 0 Å². The summed E-state index contributed by atoms with van der Waals surface area (Å²) in [6.07, 6.45) is 26.2. The second-order valence-corrected chi connectivity index (χ2v) is 8.25. The smallest absolute Gasteiger partial charge is 0.328 e. The van der Waals surface area contributed by atoms with Gasteiger partial charge in [-0.1, -0.05) is 105 Å². The maximum absolute atomic E-state index is 10.4. The summed E-state index contributed by atoms with van der Waals surface area (Å²) in [5.41, 5.74) is 0.997. The highest BCUT2D eigenvalue weighted by Gasteiger charge is 2.09. The van der Waals surface area contributed by atoms with Gasteiger partial charge in [0.05, 0.1) is 6.10 Å². The molecule has 0 radical (unpaired) electrons. The fourth-order valence-corrected chi connectivity index (χ4v) is 2.68. The average Bonchev–Trinajstić information content (AvgIpc) is 2.74. The van der Waals surface area contributed by atoms with Gasteiger partial charge in [-0.05, 0) is 50.5 Å². The van der Waals surface area contributed by atoms with Crippen LogP contribution in [0.4, 0.5) is 0 Å². The molecule has 4 heteroatoms. The molecule has 0 rings (SSSR count). The lowest BCUT2D eigenvalue weighted by molar-refractivity contribution is -0.131. The SMILES string of the molecule is CCC(C)/C=C/C=C/CC[C@@H](O)CC[C@H](C)/C(Cl)=C/C=C/C=C(C)/C=C/C=C/C(=O)O. The standard InChI is InChI=1S/C27H39ClO3/c1-5-22(2)14-8-6-7-9-17-25(29)21-20-24(4)26(28)18-12-10-15-23(3)16-11-13-19-27(30)31/h6-8,10-16,18-19,22,24-25,29H,5,9,17,20-21H2,1-4H3,(H,30,31)/b7-6+,12-10+,14-8+,16-11+,19-13+,23-15+,26-18-/t22?,24-,25+/m0/s1. The van der Waals surface area contributed by atoms with Crippen molar-refractivity contribution < 1.29 is 15.0 Å². The van der Waals surface area contributed by atoms with Gasteiger partial charge in [0.25, 0.3) is 0 Å². The first-order chi connectivity index (χ1) is 14.8. The van der Waals surface area contributed by atoms with Crippen LogP contribution < -0.4 is 0 Å². The molecule has 0 spiro atoms. The van der Waals surface area contributed by atoms with Crippen LogP contribution in [0.25, 0.3) is 0 Å². The van der Waals surface area contributed by atoms with Gasteiger partial charge < -0.3 is 10.2 Å². The van der Waals surface area contributed by atoms with Gasteiger partial charge in [0, 0.05) is 11.1 Å². The second-order valence-electron chi connectivity index (χ2n) is 7.81. The van der Waals surface area contributed by atoms with Gasteiger partial charge in [0.1, 0.15) is 0 Å². The quantitative estimate of drug-likeness (QED) is 0.202. The normalized spacial score (nSPS) is 17.0. The molecule has 0 saturated heterocycles. The number of rotatable bonds is 15. The van der Waals surface area contributed by atoms with E-state index in [1.165, 1.54) is 6.08 Å². The molecule has 0 aromatic carbocycles. The lowest BCUT2D eigenvalue weighted by atomic mass is 9.99. The number of hydrogen-bond donors (Lipinski definition) is 2. The number of hydrogen-bond acceptors (Lipinski definition) is 2. The highest BCUT2D eigenvalue weighted by atomic mass is 35.5. The van der Waals surface area contributed by atoms with Gasteiger partial charge in [-0.3, -0.25) is 0 Å². The first kappa shape index (κ1) is 28.9. The molecule has 0 fully saturated rings. The Kier molecular flexibility index (Phi) is 17.4. The summed E-state index contributed by atoms with van der Waals surface area (Å²) in [5.74, 6) is -0.162. The Balaban J connectivity index is 4.27. The van der Waals surface area contributed by atoms with E-state index in [0.717, 1.165) is 48.8 Å². The zero-order valence-corrected chi connectivity index (χ0v) is 20.1. The van der Waals surface area contributed by atoms with Crippen molar-refractivity contribution in [2.75, 3.05) is 0 Å². The zero-order valence-electron chi connectivity index (χ0n) is 19.4. The number of aliphatic hydroxyl groups is 1. The number of carboxylic acids is 1. The summed E-state index contributed by atoms with van der Waals surface area (Å²) in [7, 11) is 0. The fraction of sp³-hybridized carbons (Fsp3) is 0.444. The van der Waals surface area contributed by atoms with Crippen molar-refractivity contribution in [3.05, 3.63) is 83.5 Å². The molecule has 0 aromatic heterocycles. The molecule has 3 atom stereocenters. The highest BCUT2D eigenvalue weighted by molar-refractivity contribution is 6.29. The Morgan fingerprint density at radius 2 is 1.61 bits per heavy atom. The number of allylic oxidation sites excluding steroid dienone is 13. The van der Waals surface area contributed by atoms with Crippen molar-refractivity contribution in [1.82, 2.24) is 0 Å². The van der Waals surface area contributed by atoms with Gasteiger partial charge >= 0.3 is 5.97 Å². The first-order valence-electron chi connectivity index (χ1n) is 11.1. The Labute approximate surface area is 193 Å². The van der Waals surface area contributed by atoms with Crippen molar-refractivity contribution in [1.29, 1.82) is 0 Å². The van der Waals surface area contributed by atoms with E-state index in [1.54, 1.807) is 6.08 Å². The third kappa shape index (κ3) is 18.4. The number of carbonyl (C=O) groups is 1. The minimum absolute atomic E-state index is 0.195. The van der Waals surface area contributed by atoms with Gasteiger partial charge in [0.2, 0.25) is 0 Å². The number of aliphatic hydroxyl groups excluding tert-OH is 1. The number of aliphatic carboxylic acids is 1. The Morgan fingerprint density at radius 1 is 0.935 bits per heavy atom. The third-order valence-corrected chi connectivity index (χ3v) is 5.33. The van der Waals surface area contributed by atoms with E-state index in [4.69, 9.17) is 16.7 Å². The van der Waals surface area contributed by atoms with Gasteiger partial charge in [-0.2, -0.15) is 0 Å². The van der Waals surface area contributed by atoms with Crippen molar-refractivity contribution >= 4 is 17.6 Å². The second kappa shape index (κ2) is 18.7. The fourth-order valence-electron chi connectivity index (χ4n) is 2.50. The molecule has 1 unspecified atom stereocenters. The molecule has 0 aliphatic rings. The highest BCUT2D eigenvalue weighted by Crippen LogP contribution is 2.22. The van der Waals surface area contributed by atoms with Crippen LogP contribution in [-0.4, -0.2) is 22.3 Å². The first-order valence-corrected chi connectivity index (χ1v) is 11.4. The minimum Gasteiger partial charge on any atom is -0.478 e. The Bertz CT molecular complexity index is 708. The van der Waals surface area contributed by atoms with E-state index in [9.17, 15) is 9.90 Å². The predicted octanol–water partition coefficient (Wildman–Crippen LogP) is 7.52. The predicted molar refractivity (Wildman–Crippen MR) is 134 cm³/mol. The van der Waals surface area contributed by atoms with Crippen LogP contribution in [-0.2, 0) is 4.79 Å². The van der Waals surface area contributed by atoms with Crippen LogP contribution in [0.5, 0.6) is 0 Å². The molecular weight excluding hydrogens is 408 g/mol. The van der Waals surface area contributed by atoms with Gasteiger partial charge in [-0.25, -0.2) is 4.79 Å². The molecule has 31 heavy (non-hydrogen) atoms. The third-order valence-electron chi connectivity index (χ3n) is 4.84. The topological polar surface area (TPSA) is 57.5 Å². The van der Waals surface area contributed by atoms with Gasteiger partial charge in [0.15, 0.2) is 0 Å². The molecule has 0 saturated carbocycles. The lowest BCUT2D eigenvalue weighted by Crippen LogP contribution is -2.08. The molecular formula is C27H39ClO3. The van der Waals surface area contributed by atoms with E-state index in [0.29, 0.717) is 5.92 Å². The van der Waals surface area contributed by atoms with Crippen LogP contribution in [0, 0.1) is 11.8 Å². The summed E-state index contributed by atoms with van der Waals surface area (Å²) in [5, 5.41) is 19.5. The van der Waals surface area contributed by atoms with Crippen LogP contribution in [0.1, 0.15) is 59.8 Å². The summed E-state index contributed by atoms with van der Waals surface area (Å²) >= 11 is 6.37. The minimum atomic E-state index is -0.964. The lowest BCUT2D eigenvalue weighted by Gasteiger charge is -2.13. The van der Waals surface area contributed by atoms with E-state index in [2.05, 4.69) is 45.1 Å². The zero-order chi connectivity index (χ0) is 23.5. The summed E-state index contributed by atoms with van der Waals surface area (Å²) in [4.78, 5) is 10.4. The molecule has 0 amide bonds. The summed E-state index contributed by atoms with van der Waals surface area (Å²) < 4.78 is 0. The molecule has 2 N–H and O–H groups in total. The maximum Gasteiger partial charge on any atom is 0.328 e. The van der Waals surface area contributed by atoms with Crippen molar-refractivity contribution in [2.24, 2.45) is 11.8 Å².